The first kappa shape index (κ1) is 14.7. The summed E-state index contributed by atoms with van der Waals surface area (Å²) in [5.74, 6) is -0.535. The molecule has 3 aromatic rings. The summed E-state index contributed by atoms with van der Waals surface area (Å²) in [6.07, 6.45) is 0. The molecule has 3 N–H and O–H groups in total. The zero-order valence-corrected chi connectivity index (χ0v) is 13.4. The van der Waals surface area contributed by atoms with Gasteiger partial charge in [0.2, 0.25) is 0 Å². The van der Waals surface area contributed by atoms with Crippen LogP contribution in [0.2, 0.25) is 0 Å². The molecule has 1 aromatic carbocycles. The number of nitrogens with one attached hydrogen (secondary N) is 1. The third-order valence-corrected chi connectivity index (χ3v) is 5.02. The van der Waals surface area contributed by atoms with Crippen molar-refractivity contribution in [1.82, 2.24) is 9.55 Å². The normalized spacial score (nSPS) is 11.0. The fraction of sp³-hybridized carbons (Fsp3) is 0.133. The van der Waals surface area contributed by atoms with Crippen LogP contribution in [-0.2, 0) is 6.54 Å². The average Bonchev–Trinajstić information content (AvgIpc) is 2.81. The van der Waals surface area contributed by atoms with Gasteiger partial charge in [-0.3, -0.25) is 14.2 Å². The molecule has 0 aliphatic rings. The number of benzene rings is 1. The van der Waals surface area contributed by atoms with E-state index in [1.807, 2.05) is 30.3 Å². The summed E-state index contributed by atoms with van der Waals surface area (Å²) in [5, 5.41) is 0.475. The minimum absolute atomic E-state index is 0.205. The van der Waals surface area contributed by atoms with Gasteiger partial charge < -0.3 is 10.7 Å². The Morgan fingerprint density at radius 2 is 2.05 bits per heavy atom. The number of carbonyl (C=O) groups is 1. The van der Waals surface area contributed by atoms with Crippen LogP contribution >= 0.6 is 23.6 Å². The Kier molecular flexibility index (Phi) is 3.67. The van der Waals surface area contributed by atoms with Gasteiger partial charge >= 0.3 is 0 Å². The van der Waals surface area contributed by atoms with Gasteiger partial charge in [0.05, 0.1) is 16.8 Å². The number of aromatic nitrogens is 2. The van der Waals surface area contributed by atoms with Crippen molar-refractivity contribution in [3.05, 3.63) is 61.5 Å². The predicted molar refractivity (Wildman–Crippen MR) is 90.1 cm³/mol. The number of rotatable bonds is 3. The molecule has 5 nitrogen and oxygen atoms in total. The van der Waals surface area contributed by atoms with Gasteiger partial charge in [0.25, 0.3) is 11.5 Å². The van der Waals surface area contributed by atoms with Crippen LogP contribution in [0.15, 0.2) is 35.1 Å². The van der Waals surface area contributed by atoms with E-state index in [0.29, 0.717) is 32.0 Å². The average molecular weight is 331 g/mol. The maximum atomic E-state index is 12.7. The van der Waals surface area contributed by atoms with Crippen LogP contribution in [0.4, 0.5) is 0 Å². The number of primary amides is 1. The highest BCUT2D eigenvalue weighted by Crippen LogP contribution is 2.26. The SMILES string of the molecule is Cc1c(C(N)=O)sc2[nH]c(=S)n(Cc3ccccc3)c(=O)c12. The van der Waals surface area contributed by atoms with E-state index < -0.39 is 5.91 Å². The summed E-state index contributed by atoms with van der Waals surface area (Å²) in [7, 11) is 0. The molecule has 3 rings (SSSR count). The lowest BCUT2D eigenvalue weighted by molar-refractivity contribution is 0.100. The Bertz CT molecular complexity index is 984. The summed E-state index contributed by atoms with van der Waals surface area (Å²) >= 11 is 6.45. The van der Waals surface area contributed by atoms with Gasteiger partial charge in [0, 0.05) is 0 Å². The number of aryl methyl sites for hydroxylation is 1. The third kappa shape index (κ3) is 2.38. The molecule has 1 amide bonds. The fourth-order valence-electron chi connectivity index (χ4n) is 2.40. The van der Waals surface area contributed by atoms with Gasteiger partial charge in [-0.1, -0.05) is 30.3 Å². The minimum atomic E-state index is -0.535. The number of carbonyl (C=O) groups excluding carboxylic acids is 1. The third-order valence-electron chi connectivity index (χ3n) is 3.48. The zero-order valence-electron chi connectivity index (χ0n) is 11.8. The number of H-pyrrole nitrogens is 1. The van der Waals surface area contributed by atoms with Crippen LogP contribution in [0, 0.1) is 11.7 Å². The van der Waals surface area contributed by atoms with Crippen LogP contribution in [-0.4, -0.2) is 15.5 Å². The lowest BCUT2D eigenvalue weighted by atomic mass is 10.2. The Balaban J connectivity index is 2.24. The summed E-state index contributed by atoms with van der Waals surface area (Å²) in [5.41, 5.74) is 6.73. The van der Waals surface area contributed by atoms with Gasteiger partial charge in [-0.25, -0.2) is 0 Å². The van der Waals surface area contributed by atoms with E-state index in [2.05, 4.69) is 4.98 Å². The number of amides is 1. The molecule has 0 aliphatic carbocycles. The van der Waals surface area contributed by atoms with Gasteiger partial charge in [-0.2, -0.15) is 0 Å². The standard InChI is InChI=1S/C15H13N3O2S2/c1-8-10-13(22-11(8)12(16)19)17-15(21)18(14(10)20)7-9-5-3-2-4-6-9/h2-6H,7H2,1H3,(H2,16,19)(H,17,21). The molecule has 0 radical (unpaired) electrons. The van der Waals surface area contributed by atoms with Crippen molar-refractivity contribution in [2.24, 2.45) is 5.73 Å². The van der Waals surface area contributed by atoms with E-state index >= 15 is 0 Å². The second-order valence-electron chi connectivity index (χ2n) is 4.93. The number of thiophene rings is 1. The minimum Gasteiger partial charge on any atom is -0.365 e. The van der Waals surface area contributed by atoms with E-state index in [0.717, 1.165) is 5.56 Å². The molecule has 7 heteroatoms. The predicted octanol–water partition coefficient (Wildman–Crippen LogP) is 2.58. The molecular weight excluding hydrogens is 318 g/mol. The molecule has 0 fully saturated rings. The summed E-state index contributed by atoms with van der Waals surface area (Å²) in [6.45, 7) is 2.11. The van der Waals surface area contributed by atoms with Crippen molar-refractivity contribution in [3.63, 3.8) is 0 Å². The van der Waals surface area contributed by atoms with Crippen molar-refractivity contribution in [3.8, 4) is 0 Å². The van der Waals surface area contributed by atoms with E-state index in [4.69, 9.17) is 18.0 Å². The maximum Gasteiger partial charge on any atom is 0.263 e. The van der Waals surface area contributed by atoms with Crippen molar-refractivity contribution >= 4 is 39.7 Å². The first-order valence-corrected chi connectivity index (χ1v) is 7.81. The molecule has 0 aliphatic heterocycles. The number of hydrogen-bond acceptors (Lipinski definition) is 4. The summed E-state index contributed by atoms with van der Waals surface area (Å²) in [6, 6.07) is 9.60. The largest absolute Gasteiger partial charge is 0.365 e. The maximum absolute atomic E-state index is 12.7. The monoisotopic (exact) mass is 331 g/mol. The molecule has 0 atom stereocenters. The Morgan fingerprint density at radius 3 is 2.68 bits per heavy atom. The zero-order chi connectivity index (χ0) is 15.9. The highest BCUT2D eigenvalue weighted by Gasteiger charge is 2.17. The van der Waals surface area contributed by atoms with Crippen molar-refractivity contribution < 1.29 is 4.79 Å². The van der Waals surface area contributed by atoms with Gasteiger partial charge in [0.1, 0.15) is 4.83 Å². The van der Waals surface area contributed by atoms with Crippen molar-refractivity contribution in [1.29, 1.82) is 0 Å². The number of nitrogens with two attached hydrogens (primary N) is 1. The molecule has 112 valence electrons. The molecule has 0 bridgehead atoms. The Morgan fingerprint density at radius 1 is 1.36 bits per heavy atom. The smallest absolute Gasteiger partial charge is 0.263 e. The lowest BCUT2D eigenvalue weighted by Gasteiger charge is -2.06. The van der Waals surface area contributed by atoms with Crippen molar-refractivity contribution in [2.45, 2.75) is 13.5 Å². The Labute approximate surface area is 135 Å². The first-order valence-electron chi connectivity index (χ1n) is 6.59. The Hall–Kier alpha value is -2.25. The summed E-state index contributed by atoms with van der Waals surface area (Å²) in [4.78, 5) is 28.2. The number of hydrogen-bond donors (Lipinski definition) is 2. The fourth-order valence-corrected chi connectivity index (χ4v) is 3.76. The second kappa shape index (κ2) is 5.51. The molecule has 22 heavy (non-hydrogen) atoms. The van der Waals surface area contributed by atoms with Gasteiger partial charge in [0.15, 0.2) is 4.77 Å². The van der Waals surface area contributed by atoms with Crippen molar-refractivity contribution in [2.75, 3.05) is 0 Å². The van der Waals surface area contributed by atoms with Crippen LogP contribution in [0.3, 0.4) is 0 Å². The number of aromatic amines is 1. The van der Waals surface area contributed by atoms with E-state index in [1.165, 1.54) is 15.9 Å². The van der Waals surface area contributed by atoms with Crippen LogP contribution < -0.4 is 11.3 Å². The number of fused-ring (bicyclic) bond motifs is 1. The van der Waals surface area contributed by atoms with Crippen LogP contribution in [0.25, 0.3) is 10.2 Å². The molecular formula is C15H13N3O2S2. The number of nitrogens with zero attached hydrogens (tertiary/aromatic N) is 1. The van der Waals surface area contributed by atoms with Crippen LogP contribution in [0.1, 0.15) is 20.8 Å². The van der Waals surface area contributed by atoms with Gasteiger partial charge in [-0.15, -0.1) is 11.3 Å². The van der Waals surface area contributed by atoms with Gasteiger partial charge in [-0.05, 0) is 30.3 Å². The van der Waals surface area contributed by atoms with E-state index in [1.54, 1.807) is 6.92 Å². The summed E-state index contributed by atoms with van der Waals surface area (Å²) < 4.78 is 1.83. The molecule has 0 saturated carbocycles. The topological polar surface area (TPSA) is 80.9 Å². The molecule has 0 spiro atoms. The molecule has 0 saturated heterocycles. The lowest BCUT2D eigenvalue weighted by Crippen LogP contribution is -2.22. The first-order chi connectivity index (χ1) is 10.5. The quantitative estimate of drug-likeness (QED) is 0.724. The van der Waals surface area contributed by atoms with Crippen LogP contribution in [0.5, 0.6) is 0 Å². The second-order valence-corrected chi connectivity index (χ2v) is 6.34. The molecule has 2 heterocycles. The van der Waals surface area contributed by atoms with E-state index in [9.17, 15) is 9.59 Å². The highest BCUT2D eigenvalue weighted by molar-refractivity contribution is 7.71. The molecule has 0 unspecified atom stereocenters. The van der Waals surface area contributed by atoms with E-state index in [-0.39, 0.29) is 5.56 Å². The molecule has 2 aromatic heterocycles. The highest BCUT2D eigenvalue weighted by atomic mass is 32.1.